The van der Waals surface area contributed by atoms with Crippen molar-refractivity contribution in [3.63, 3.8) is 0 Å². The van der Waals surface area contributed by atoms with Crippen molar-refractivity contribution < 1.29 is 13.2 Å². The molecule has 0 fully saturated rings. The van der Waals surface area contributed by atoms with E-state index in [4.69, 9.17) is 11.6 Å². The summed E-state index contributed by atoms with van der Waals surface area (Å²) in [5, 5.41) is -0.273. The van der Waals surface area contributed by atoms with Crippen LogP contribution in [0, 0.1) is 0 Å². The zero-order valence-corrected chi connectivity index (χ0v) is 9.29. The van der Waals surface area contributed by atoms with E-state index in [1.807, 2.05) is 0 Å². The number of hydrogen-bond donors (Lipinski definition) is 0. The Labute approximate surface area is 99.1 Å². The van der Waals surface area contributed by atoms with Gasteiger partial charge >= 0.3 is 6.18 Å². The third kappa shape index (κ3) is 2.38. The molecular formula is C9H6ClF3N4. The smallest absolute Gasteiger partial charge is 0.331 e. The molecule has 90 valence electrons. The monoisotopic (exact) mass is 262 g/mol. The molecule has 0 aliphatic heterocycles. The molecule has 0 spiro atoms. The topological polar surface area (TPSA) is 43.6 Å². The number of rotatable bonds is 1. The summed E-state index contributed by atoms with van der Waals surface area (Å²) in [4.78, 5) is 11.0. The second-order valence-corrected chi connectivity index (χ2v) is 3.65. The first kappa shape index (κ1) is 11.8. The number of aryl methyl sites for hydroxylation is 1. The fraction of sp³-hybridized carbons (Fsp3) is 0.222. The van der Waals surface area contributed by atoms with Crippen molar-refractivity contribution >= 4 is 11.6 Å². The van der Waals surface area contributed by atoms with Crippen LogP contribution in [-0.4, -0.2) is 19.5 Å². The van der Waals surface area contributed by atoms with E-state index in [1.54, 1.807) is 13.2 Å². The van der Waals surface area contributed by atoms with Gasteiger partial charge in [-0.3, -0.25) is 0 Å². The fourth-order valence-electron chi connectivity index (χ4n) is 1.24. The van der Waals surface area contributed by atoms with Gasteiger partial charge in [-0.15, -0.1) is 0 Å². The van der Waals surface area contributed by atoms with E-state index in [1.165, 1.54) is 10.8 Å². The largest absolute Gasteiger partial charge is 0.433 e. The van der Waals surface area contributed by atoms with Crippen LogP contribution in [-0.2, 0) is 13.2 Å². The second kappa shape index (κ2) is 3.99. The third-order valence-corrected chi connectivity index (χ3v) is 2.20. The number of hydrogen-bond acceptors (Lipinski definition) is 3. The summed E-state index contributed by atoms with van der Waals surface area (Å²) < 4.78 is 39.0. The minimum atomic E-state index is -4.56. The molecule has 0 aliphatic rings. The van der Waals surface area contributed by atoms with E-state index < -0.39 is 11.9 Å². The predicted octanol–water partition coefficient (Wildman–Crippen LogP) is 2.55. The average Bonchev–Trinajstić information content (AvgIpc) is 2.62. The van der Waals surface area contributed by atoms with E-state index >= 15 is 0 Å². The molecule has 0 unspecified atom stereocenters. The molecule has 8 heteroatoms. The normalized spacial score (nSPS) is 11.8. The molecule has 0 radical (unpaired) electrons. The zero-order valence-electron chi connectivity index (χ0n) is 8.53. The number of nitrogens with zero attached hydrogens (tertiary/aromatic N) is 4. The lowest BCUT2D eigenvalue weighted by Crippen LogP contribution is -2.10. The van der Waals surface area contributed by atoms with Crippen molar-refractivity contribution in [1.82, 2.24) is 19.5 Å². The SMILES string of the molecule is Cn1ccnc1-c1nc(Cl)cc(C(F)(F)F)n1. The molecule has 0 bridgehead atoms. The maximum atomic E-state index is 12.5. The maximum absolute atomic E-state index is 12.5. The average molecular weight is 263 g/mol. The highest BCUT2D eigenvalue weighted by atomic mass is 35.5. The summed E-state index contributed by atoms with van der Waals surface area (Å²) >= 11 is 5.54. The Morgan fingerprint density at radius 3 is 2.53 bits per heavy atom. The first-order chi connectivity index (χ1) is 7.88. The van der Waals surface area contributed by atoms with Gasteiger partial charge in [0.2, 0.25) is 0 Å². The molecule has 0 aliphatic carbocycles. The molecule has 2 aromatic heterocycles. The van der Waals surface area contributed by atoms with Gasteiger partial charge in [-0.2, -0.15) is 13.2 Å². The minimum absolute atomic E-state index is 0.155. The summed E-state index contributed by atoms with van der Waals surface area (Å²) in [6.07, 6.45) is -1.55. The van der Waals surface area contributed by atoms with Gasteiger partial charge in [-0.05, 0) is 0 Å². The summed E-state index contributed by atoms with van der Waals surface area (Å²) in [7, 11) is 1.62. The van der Waals surface area contributed by atoms with Gasteiger partial charge in [0, 0.05) is 25.5 Å². The van der Waals surface area contributed by atoms with Gasteiger partial charge in [-0.1, -0.05) is 11.6 Å². The Hall–Kier alpha value is -1.63. The Balaban J connectivity index is 2.57. The molecule has 0 aromatic carbocycles. The highest BCUT2D eigenvalue weighted by Gasteiger charge is 2.34. The van der Waals surface area contributed by atoms with Gasteiger partial charge in [0.1, 0.15) is 10.8 Å². The Bertz CT molecular complexity index is 549. The third-order valence-electron chi connectivity index (χ3n) is 2.01. The van der Waals surface area contributed by atoms with Crippen molar-refractivity contribution in [1.29, 1.82) is 0 Å². The maximum Gasteiger partial charge on any atom is 0.433 e. The van der Waals surface area contributed by atoms with Crippen LogP contribution in [0.2, 0.25) is 5.15 Å². The molecule has 0 amide bonds. The van der Waals surface area contributed by atoms with Crippen LogP contribution in [0.3, 0.4) is 0 Å². The van der Waals surface area contributed by atoms with Crippen LogP contribution >= 0.6 is 11.6 Å². The Morgan fingerprint density at radius 1 is 1.29 bits per heavy atom. The van der Waals surface area contributed by atoms with Crippen LogP contribution in [0.15, 0.2) is 18.5 Å². The molecule has 2 rings (SSSR count). The quantitative estimate of drug-likeness (QED) is 0.742. The lowest BCUT2D eigenvalue weighted by molar-refractivity contribution is -0.141. The Kier molecular flexibility index (Phi) is 2.78. The number of alkyl halides is 3. The van der Waals surface area contributed by atoms with Gasteiger partial charge in [0.05, 0.1) is 0 Å². The van der Waals surface area contributed by atoms with Gasteiger partial charge in [0.25, 0.3) is 0 Å². The molecule has 2 aromatic rings. The van der Waals surface area contributed by atoms with Crippen molar-refractivity contribution in [2.24, 2.45) is 7.05 Å². The number of imidazole rings is 1. The highest BCUT2D eigenvalue weighted by Crippen LogP contribution is 2.30. The standard InChI is InChI=1S/C9H6ClF3N4/c1-17-3-2-14-8(17)7-15-5(9(11,12)13)4-6(10)16-7/h2-4H,1H3. The first-order valence-electron chi connectivity index (χ1n) is 4.47. The van der Waals surface area contributed by atoms with Gasteiger partial charge in [0.15, 0.2) is 11.6 Å². The molecule has 17 heavy (non-hydrogen) atoms. The Morgan fingerprint density at radius 2 is 2.00 bits per heavy atom. The predicted molar refractivity (Wildman–Crippen MR) is 54.2 cm³/mol. The number of halogens is 4. The van der Waals surface area contributed by atoms with Gasteiger partial charge < -0.3 is 4.57 Å². The first-order valence-corrected chi connectivity index (χ1v) is 4.85. The molecule has 2 heterocycles. The number of aromatic nitrogens is 4. The van der Waals surface area contributed by atoms with E-state index in [-0.39, 0.29) is 16.8 Å². The fourth-order valence-corrected chi connectivity index (χ4v) is 1.43. The molecule has 4 nitrogen and oxygen atoms in total. The summed E-state index contributed by atoms with van der Waals surface area (Å²) in [5.41, 5.74) is -1.09. The molecular weight excluding hydrogens is 257 g/mol. The van der Waals surface area contributed by atoms with Crippen molar-refractivity contribution in [3.8, 4) is 11.6 Å². The van der Waals surface area contributed by atoms with E-state index in [9.17, 15) is 13.2 Å². The molecule has 0 saturated carbocycles. The van der Waals surface area contributed by atoms with E-state index in [2.05, 4.69) is 15.0 Å². The molecule has 0 N–H and O–H groups in total. The van der Waals surface area contributed by atoms with Crippen LogP contribution in [0.5, 0.6) is 0 Å². The second-order valence-electron chi connectivity index (χ2n) is 3.26. The van der Waals surface area contributed by atoms with E-state index in [0.29, 0.717) is 6.07 Å². The molecule has 0 saturated heterocycles. The summed E-state index contributed by atoms with van der Waals surface area (Å²) in [5.74, 6) is 0.0651. The minimum Gasteiger partial charge on any atom is -0.331 e. The summed E-state index contributed by atoms with van der Waals surface area (Å²) in [6, 6.07) is 0.675. The summed E-state index contributed by atoms with van der Waals surface area (Å²) in [6.45, 7) is 0. The van der Waals surface area contributed by atoms with Crippen molar-refractivity contribution in [3.05, 3.63) is 29.3 Å². The zero-order chi connectivity index (χ0) is 12.6. The van der Waals surface area contributed by atoms with Crippen LogP contribution in [0.25, 0.3) is 11.6 Å². The van der Waals surface area contributed by atoms with E-state index in [0.717, 1.165) is 0 Å². The molecule has 0 atom stereocenters. The van der Waals surface area contributed by atoms with Gasteiger partial charge in [-0.25, -0.2) is 15.0 Å². The van der Waals surface area contributed by atoms with Crippen LogP contribution in [0.1, 0.15) is 5.69 Å². The lowest BCUT2D eigenvalue weighted by Gasteiger charge is -2.07. The van der Waals surface area contributed by atoms with Crippen molar-refractivity contribution in [2.45, 2.75) is 6.18 Å². The highest BCUT2D eigenvalue weighted by molar-refractivity contribution is 6.29. The van der Waals surface area contributed by atoms with Crippen LogP contribution in [0.4, 0.5) is 13.2 Å². The lowest BCUT2D eigenvalue weighted by atomic mass is 10.4. The van der Waals surface area contributed by atoms with Crippen molar-refractivity contribution in [2.75, 3.05) is 0 Å². The van der Waals surface area contributed by atoms with Crippen LogP contribution < -0.4 is 0 Å².